The van der Waals surface area contributed by atoms with E-state index >= 15 is 0 Å². The predicted molar refractivity (Wildman–Crippen MR) is 316 cm³/mol. The molecule has 73 heavy (non-hydrogen) atoms. The highest BCUT2D eigenvalue weighted by Gasteiger charge is 2.19. The van der Waals surface area contributed by atoms with Gasteiger partial charge in [0.2, 0.25) is 0 Å². The van der Waals surface area contributed by atoms with Crippen molar-refractivity contribution in [1.82, 2.24) is 0 Å². The molecule has 0 spiro atoms. The molecule has 1 unspecified atom stereocenters. The fraction of sp³-hybridized carbons (Fsp3) is 0.716. The highest BCUT2D eigenvalue weighted by Crippen LogP contribution is 2.15. The van der Waals surface area contributed by atoms with Crippen LogP contribution in [0.15, 0.2) is 97.2 Å². The van der Waals surface area contributed by atoms with Gasteiger partial charge in [0.05, 0.1) is 0 Å². The fourth-order valence-electron chi connectivity index (χ4n) is 8.48. The molecule has 0 aromatic heterocycles. The van der Waals surface area contributed by atoms with E-state index in [2.05, 4.69) is 118 Å². The van der Waals surface area contributed by atoms with E-state index in [1.807, 2.05) is 0 Å². The largest absolute Gasteiger partial charge is 0.462 e. The lowest BCUT2D eigenvalue weighted by Gasteiger charge is -2.18. The first-order valence-electron chi connectivity index (χ1n) is 30.7. The van der Waals surface area contributed by atoms with Crippen molar-refractivity contribution in [2.24, 2.45) is 0 Å². The summed E-state index contributed by atoms with van der Waals surface area (Å²) in [7, 11) is 0. The molecule has 0 saturated carbocycles. The van der Waals surface area contributed by atoms with E-state index in [4.69, 9.17) is 14.2 Å². The Hall–Kier alpha value is -3.67. The zero-order chi connectivity index (χ0) is 52.9. The Morgan fingerprint density at radius 1 is 0.288 bits per heavy atom. The summed E-state index contributed by atoms with van der Waals surface area (Å²) in [6.07, 6.45) is 81.2. The van der Waals surface area contributed by atoms with Gasteiger partial charge in [-0.1, -0.05) is 266 Å². The predicted octanol–water partition coefficient (Wildman–Crippen LogP) is 20.9. The molecule has 0 bridgehead atoms. The summed E-state index contributed by atoms with van der Waals surface area (Å²) in [5.41, 5.74) is 0. The number of hydrogen-bond acceptors (Lipinski definition) is 6. The van der Waals surface area contributed by atoms with Crippen molar-refractivity contribution in [2.75, 3.05) is 13.2 Å². The molecule has 0 aliphatic rings. The van der Waals surface area contributed by atoms with E-state index in [9.17, 15) is 14.4 Å². The summed E-state index contributed by atoms with van der Waals surface area (Å²) in [6.45, 7) is 6.51. The van der Waals surface area contributed by atoms with Gasteiger partial charge in [0.25, 0.3) is 0 Å². The van der Waals surface area contributed by atoms with E-state index < -0.39 is 6.10 Å². The van der Waals surface area contributed by atoms with Crippen LogP contribution in [-0.4, -0.2) is 37.2 Å². The SMILES string of the molecule is CC/C=C\C/C=C\C/C=C\C/C=C\C/C=C\C/C=C\C/C=C\CCCCCCCCCC(=O)OCC(COC(=O)CCCCCCCCCCCCCCC)OC(=O)CCCCCCC/C=C\CCCCCC. The zero-order valence-corrected chi connectivity index (χ0v) is 47.9. The number of esters is 3. The molecular formula is C67H114O6. The van der Waals surface area contributed by atoms with Gasteiger partial charge in [-0.2, -0.15) is 0 Å². The lowest BCUT2D eigenvalue weighted by Crippen LogP contribution is -2.30. The summed E-state index contributed by atoms with van der Waals surface area (Å²) in [4.78, 5) is 38.2. The van der Waals surface area contributed by atoms with E-state index in [-0.39, 0.29) is 31.1 Å². The van der Waals surface area contributed by atoms with Gasteiger partial charge in [-0.15, -0.1) is 0 Å². The molecule has 0 saturated heterocycles. The number of allylic oxidation sites excluding steroid dienone is 16. The van der Waals surface area contributed by atoms with Crippen LogP contribution in [0.1, 0.15) is 290 Å². The Morgan fingerprint density at radius 3 is 0.863 bits per heavy atom. The summed E-state index contributed by atoms with van der Waals surface area (Å²) < 4.78 is 16.9. The average Bonchev–Trinajstić information content (AvgIpc) is 3.39. The van der Waals surface area contributed by atoms with Gasteiger partial charge in [0.1, 0.15) is 13.2 Å². The van der Waals surface area contributed by atoms with Crippen LogP contribution >= 0.6 is 0 Å². The topological polar surface area (TPSA) is 78.9 Å². The van der Waals surface area contributed by atoms with Crippen molar-refractivity contribution in [1.29, 1.82) is 0 Å². The molecule has 0 rings (SSSR count). The van der Waals surface area contributed by atoms with Gasteiger partial charge in [0.15, 0.2) is 6.10 Å². The van der Waals surface area contributed by atoms with Gasteiger partial charge >= 0.3 is 17.9 Å². The van der Waals surface area contributed by atoms with Crippen LogP contribution in [0.5, 0.6) is 0 Å². The molecule has 6 nitrogen and oxygen atoms in total. The smallest absolute Gasteiger partial charge is 0.306 e. The molecule has 0 aromatic rings. The van der Waals surface area contributed by atoms with Crippen LogP contribution in [0.3, 0.4) is 0 Å². The second-order valence-corrected chi connectivity index (χ2v) is 20.2. The first-order chi connectivity index (χ1) is 36.0. The highest BCUT2D eigenvalue weighted by molar-refractivity contribution is 5.71. The average molecular weight is 1020 g/mol. The third kappa shape index (κ3) is 59.1. The second kappa shape index (κ2) is 60.9. The molecule has 0 fully saturated rings. The van der Waals surface area contributed by atoms with E-state index in [1.54, 1.807) is 0 Å². The van der Waals surface area contributed by atoms with Gasteiger partial charge in [0, 0.05) is 19.3 Å². The van der Waals surface area contributed by atoms with E-state index in [0.717, 1.165) is 122 Å². The van der Waals surface area contributed by atoms with Crippen LogP contribution in [0.25, 0.3) is 0 Å². The number of carbonyl (C=O) groups excluding carboxylic acids is 3. The Labute approximate surface area is 451 Å². The minimum atomic E-state index is -0.785. The molecule has 1 atom stereocenters. The van der Waals surface area contributed by atoms with Gasteiger partial charge < -0.3 is 14.2 Å². The molecule has 0 N–H and O–H groups in total. The third-order valence-corrected chi connectivity index (χ3v) is 13.1. The van der Waals surface area contributed by atoms with Gasteiger partial charge in [-0.05, 0) is 103 Å². The number of carbonyl (C=O) groups is 3. The first-order valence-corrected chi connectivity index (χ1v) is 30.7. The molecule has 418 valence electrons. The molecular weight excluding hydrogens is 901 g/mol. The molecule has 0 aliphatic heterocycles. The quantitative estimate of drug-likeness (QED) is 0.0261. The number of ether oxygens (including phenoxy) is 3. The van der Waals surface area contributed by atoms with Crippen molar-refractivity contribution < 1.29 is 28.6 Å². The van der Waals surface area contributed by atoms with Crippen LogP contribution in [0.2, 0.25) is 0 Å². The van der Waals surface area contributed by atoms with Crippen molar-refractivity contribution in [3.8, 4) is 0 Å². The molecule has 0 aromatic carbocycles. The Bertz CT molecular complexity index is 1440. The minimum absolute atomic E-state index is 0.0817. The zero-order valence-electron chi connectivity index (χ0n) is 47.9. The second-order valence-electron chi connectivity index (χ2n) is 20.2. The lowest BCUT2D eigenvalue weighted by molar-refractivity contribution is -0.167. The van der Waals surface area contributed by atoms with Crippen LogP contribution in [-0.2, 0) is 28.6 Å². The summed E-state index contributed by atoms with van der Waals surface area (Å²) in [6, 6.07) is 0. The summed E-state index contributed by atoms with van der Waals surface area (Å²) >= 11 is 0. The van der Waals surface area contributed by atoms with Crippen molar-refractivity contribution in [3.63, 3.8) is 0 Å². The van der Waals surface area contributed by atoms with E-state index in [1.165, 1.54) is 128 Å². The third-order valence-electron chi connectivity index (χ3n) is 13.1. The number of hydrogen-bond donors (Lipinski definition) is 0. The van der Waals surface area contributed by atoms with Crippen LogP contribution < -0.4 is 0 Å². The van der Waals surface area contributed by atoms with Crippen molar-refractivity contribution in [2.45, 2.75) is 297 Å². The maximum Gasteiger partial charge on any atom is 0.306 e. The maximum atomic E-state index is 12.8. The summed E-state index contributed by atoms with van der Waals surface area (Å²) in [5, 5.41) is 0. The van der Waals surface area contributed by atoms with Crippen molar-refractivity contribution >= 4 is 17.9 Å². The van der Waals surface area contributed by atoms with E-state index in [0.29, 0.717) is 19.3 Å². The molecule has 0 radical (unpaired) electrons. The Morgan fingerprint density at radius 2 is 0.534 bits per heavy atom. The summed E-state index contributed by atoms with van der Waals surface area (Å²) in [5.74, 6) is -0.895. The molecule has 0 heterocycles. The lowest BCUT2D eigenvalue weighted by atomic mass is 10.0. The van der Waals surface area contributed by atoms with Gasteiger partial charge in [-0.3, -0.25) is 14.4 Å². The first kappa shape index (κ1) is 69.3. The molecule has 6 heteroatoms. The minimum Gasteiger partial charge on any atom is -0.462 e. The maximum absolute atomic E-state index is 12.8. The normalized spacial score (nSPS) is 12.8. The Kier molecular flexibility index (Phi) is 57.8. The van der Waals surface area contributed by atoms with Gasteiger partial charge in [-0.25, -0.2) is 0 Å². The molecule has 0 aliphatic carbocycles. The van der Waals surface area contributed by atoms with Crippen molar-refractivity contribution in [3.05, 3.63) is 97.2 Å². The molecule has 0 amide bonds. The Balaban J connectivity index is 4.28. The monoisotopic (exact) mass is 1010 g/mol. The standard InChI is InChI=1S/C67H114O6/c1-4-7-10-13-16-19-22-25-26-27-28-29-30-31-32-33-34-35-36-37-38-39-40-43-45-48-51-54-57-60-66(69)72-63-64(73-67(70)61-58-55-52-49-46-42-24-21-18-15-12-9-6-3)62-71-65(68)59-56-53-50-47-44-41-23-20-17-14-11-8-5-2/h7,10,16,19,21,24-26,28-29,31-32,34-35,37-38,64H,4-6,8-9,11-15,17-18,20,22-23,27,30,33,36,39-63H2,1-3H3/b10-7-,19-16-,24-21-,26-25-,29-28-,32-31-,35-34-,38-37-. The van der Waals surface area contributed by atoms with Crippen LogP contribution in [0, 0.1) is 0 Å². The van der Waals surface area contributed by atoms with Crippen LogP contribution in [0.4, 0.5) is 0 Å². The fourth-order valence-corrected chi connectivity index (χ4v) is 8.48. The number of rotatable bonds is 55. The number of unbranched alkanes of at least 4 members (excludes halogenated alkanes) is 28. The highest BCUT2D eigenvalue weighted by atomic mass is 16.6.